The molecule has 3 heterocycles. The second kappa shape index (κ2) is 7.27. The Balaban J connectivity index is 1.68. The zero-order valence-electron chi connectivity index (χ0n) is 15.6. The third kappa shape index (κ3) is 3.17. The van der Waals surface area contributed by atoms with Crippen molar-refractivity contribution < 1.29 is 14.5 Å². The average molecular weight is 451 g/mol. The minimum atomic E-state index is -1.09. The number of carboxylic acid groups (broad SMARTS) is 1. The molecule has 152 valence electrons. The van der Waals surface area contributed by atoms with Crippen LogP contribution in [0, 0.1) is 0 Å². The Morgan fingerprint density at radius 3 is 2.79 bits per heavy atom. The molecule has 0 aromatic heterocycles. The van der Waals surface area contributed by atoms with Gasteiger partial charge in [0.15, 0.2) is 4.90 Å². The summed E-state index contributed by atoms with van der Waals surface area (Å²) in [6.07, 6.45) is 0.773. The van der Waals surface area contributed by atoms with Crippen LogP contribution >= 0.6 is 23.2 Å². The number of nitrogens with zero attached hydrogens (tertiary/aromatic N) is 2. The number of rotatable bonds is 1. The summed E-state index contributed by atoms with van der Waals surface area (Å²) in [6.45, 7) is 1.86. The van der Waals surface area contributed by atoms with Crippen molar-refractivity contribution in [3.05, 3.63) is 45.9 Å². The van der Waals surface area contributed by atoms with Crippen molar-refractivity contribution in [2.24, 2.45) is 0 Å². The van der Waals surface area contributed by atoms with Gasteiger partial charge in [-0.1, -0.05) is 29.3 Å². The van der Waals surface area contributed by atoms with Gasteiger partial charge in [-0.25, -0.2) is 4.79 Å². The van der Waals surface area contributed by atoms with E-state index in [1.807, 2.05) is 12.1 Å². The molecule has 1 unspecified atom stereocenters. The fourth-order valence-corrected chi connectivity index (χ4v) is 6.82. The quantitative estimate of drug-likeness (QED) is 0.631. The first-order valence-electron chi connectivity index (χ1n) is 9.70. The van der Waals surface area contributed by atoms with Gasteiger partial charge in [-0.15, -0.1) is 0 Å². The van der Waals surface area contributed by atoms with E-state index >= 15 is 0 Å². The van der Waals surface area contributed by atoms with E-state index in [1.54, 1.807) is 12.1 Å². The summed E-state index contributed by atoms with van der Waals surface area (Å²) in [7, 11) is 0. The molecule has 0 radical (unpaired) electrons. The van der Waals surface area contributed by atoms with Gasteiger partial charge in [-0.2, -0.15) is 0 Å². The molecule has 3 aliphatic heterocycles. The zero-order valence-corrected chi connectivity index (χ0v) is 17.9. The lowest BCUT2D eigenvalue weighted by Crippen LogP contribution is -2.48. The number of carbonyl (C=O) groups is 1. The van der Waals surface area contributed by atoms with Gasteiger partial charge in [0.25, 0.3) is 0 Å². The maximum absolute atomic E-state index is 13.1. The van der Waals surface area contributed by atoms with Crippen LogP contribution in [0.5, 0.6) is 0 Å². The molecule has 2 aromatic rings. The lowest BCUT2D eigenvalue weighted by atomic mass is 9.88. The molecule has 1 fully saturated rings. The molecule has 1 N–H and O–H groups in total. The molecule has 3 aliphatic rings. The average Bonchev–Trinajstić information content (AvgIpc) is 2.89. The van der Waals surface area contributed by atoms with E-state index in [9.17, 15) is 14.5 Å². The first kappa shape index (κ1) is 19.4. The van der Waals surface area contributed by atoms with Crippen molar-refractivity contribution in [3.8, 4) is 11.1 Å². The normalized spacial score (nSPS) is 25.4. The Bertz CT molecular complexity index is 1000. The number of fused-ring (bicyclic) bond motifs is 3. The van der Waals surface area contributed by atoms with Crippen LogP contribution in [0.3, 0.4) is 0 Å². The molecule has 0 spiro atoms. The van der Waals surface area contributed by atoms with Crippen molar-refractivity contribution in [1.82, 2.24) is 4.90 Å². The Hall–Kier alpha value is -1.60. The highest BCUT2D eigenvalue weighted by Gasteiger charge is 2.46. The standard InChI is InChI=1S/C21H20Cl2N2O3S/c22-13-2-3-14(17(23)10-13)12-8-15-16-11-24(21(26)27)6-4-18(16)25-5-1-7-29(28)19(9-12)20(15)25/h2-3,8-10,16,18H,1,4-7,11H2,(H,26,27)/t16-,18-,29?/m0/s1. The molecular weight excluding hydrogens is 431 g/mol. The van der Waals surface area contributed by atoms with Crippen LogP contribution in [0.2, 0.25) is 10.0 Å². The summed E-state index contributed by atoms with van der Waals surface area (Å²) in [4.78, 5) is 16.3. The summed E-state index contributed by atoms with van der Waals surface area (Å²) in [5, 5.41) is 10.6. The van der Waals surface area contributed by atoms with Gasteiger partial charge < -0.3 is 19.5 Å². The number of amides is 1. The maximum Gasteiger partial charge on any atom is 0.407 e. The first-order valence-corrected chi connectivity index (χ1v) is 11.8. The lowest BCUT2D eigenvalue weighted by Gasteiger charge is -2.37. The van der Waals surface area contributed by atoms with Crippen LogP contribution in [-0.2, 0) is 11.2 Å². The molecule has 0 saturated carbocycles. The van der Waals surface area contributed by atoms with Gasteiger partial charge in [-0.05, 0) is 46.9 Å². The monoisotopic (exact) mass is 450 g/mol. The van der Waals surface area contributed by atoms with Gasteiger partial charge in [-0.3, -0.25) is 0 Å². The summed E-state index contributed by atoms with van der Waals surface area (Å²) < 4.78 is 13.1. The number of benzene rings is 2. The van der Waals surface area contributed by atoms with Crippen molar-refractivity contribution in [2.75, 3.05) is 30.3 Å². The molecule has 8 heteroatoms. The van der Waals surface area contributed by atoms with Crippen LogP contribution in [0.15, 0.2) is 35.2 Å². The Morgan fingerprint density at radius 1 is 1.21 bits per heavy atom. The van der Waals surface area contributed by atoms with Gasteiger partial charge in [0.1, 0.15) is 5.75 Å². The van der Waals surface area contributed by atoms with Crippen LogP contribution in [0.4, 0.5) is 10.5 Å². The molecule has 2 aromatic carbocycles. The molecule has 1 saturated heterocycles. The van der Waals surface area contributed by atoms with Crippen LogP contribution in [-0.4, -0.2) is 52.1 Å². The lowest BCUT2D eigenvalue weighted by molar-refractivity contribution is 0.127. The maximum atomic E-state index is 13.1. The van der Waals surface area contributed by atoms with E-state index in [4.69, 9.17) is 23.2 Å². The summed E-state index contributed by atoms with van der Waals surface area (Å²) in [5.41, 5.74) is 3.90. The molecule has 29 heavy (non-hydrogen) atoms. The molecule has 0 aliphatic carbocycles. The number of likely N-dealkylation sites (tertiary alicyclic amines) is 1. The van der Waals surface area contributed by atoms with Crippen molar-refractivity contribution in [1.29, 1.82) is 0 Å². The fraction of sp³-hybridized carbons (Fsp3) is 0.381. The minimum Gasteiger partial charge on any atom is -0.611 e. The predicted molar refractivity (Wildman–Crippen MR) is 116 cm³/mol. The van der Waals surface area contributed by atoms with Gasteiger partial charge >= 0.3 is 6.09 Å². The second-order valence-corrected chi connectivity index (χ2v) is 10.2. The third-order valence-electron chi connectivity index (χ3n) is 6.25. The predicted octanol–water partition coefficient (Wildman–Crippen LogP) is 4.83. The van der Waals surface area contributed by atoms with Gasteiger partial charge in [0, 0.05) is 59.7 Å². The highest BCUT2D eigenvalue weighted by molar-refractivity contribution is 7.91. The summed E-state index contributed by atoms with van der Waals surface area (Å²) in [5.74, 6) is 0.717. The van der Waals surface area contributed by atoms with E-state index in [0.717, 1.165) is 46.7 Å². The first-order chi connectivity index (χ1) is 13.9. The van der Waals surface area contributed by atoms with Crippen LogP contribution < -0.4 is 4.90 Å². The van der Waals surface area contributed by atoms with Crippen molar-refractivity contribution in [2.45, 2.75) is 29.7 Å². The van der Waals surface area contributed by atoms with Gasteiger partial charge in [0.05, 0.1) is 5.69 Å². The largest absolute Gasteiger partial charge is 0.611 e. The summed E-state index contributed by atoms with van der Waals surface area (Å²) in [6, 6.07) is 9.75. The number of hydrogen-bond donors (Lipinski definition) is 1. The Labute approximate surface area is 182 Å². The highest BCUT2D eigenvalue weighted by Crippen LogP contribution is 2.51. The van der Waals surface area contributed by atoms with Crippen LogP contribution in [0.25, 0.3) is 11.1 Å². The van der Waals surface area contributed by atoms with E-state index < -0.39 is 17.3 Å². The van der Waals surface area contributed by atoms with Crippen LogP contribution in [0.1, 0.15) is 24.3 Å². The SMILES string of the molecule is O=C(O)N1CC[C@H]2[C@@H](C1)c1cc(-c3ccc(Cl)cc3Cl)cc3c1N2CCC[S+]3[O-]. The van der Waals surface area contributed by atoms with Gasteiger partial charge in [0.2, 0.25) is 0 Å². The van der Waals surface area contributed by atoms with E-state index in [-0.39, 0.29) is 12.0 Å². The number of halogens is 2. The molecule has 5 nitrogen and oxygen atoms in total. The molecular formula is C21H20Cl2N2O3S. The van der Waals surface area contributed by atoms with Crippen molar-refractivity contribution >= 4 is 46.2 Å². The molecule has 0 bridgehead atoms. The Morgan fingerprint density at radius 2 is 2.03 bits per heavy atom. The van der Waals surface area contributed by atoms with E-state index in [2.05, 4.69) is 11.0 Å². The molecule has 1 amide bonds. The van der Waals surface area contributed by atoms with E-state index in [0.29, 0.717) is 28.9 Å². The van der Waals surface area contributed by atoms with E-state index in [1.165, 1.54) is 4.90 Å². The number of piperidine rings is 1. The number of anilines is 1. The summed E-state index contributed by atoms with van der Waals surface area (Å²) >= 11 is 11.4. The number of hydrogen-bond acceptors (Lipinski definition) is 3. The highest BCUT2D eigenvalue weighted by atomic mass is 35.5. The zero-order chi connectivity index (χ0) is 20.3. The topological polar surface area (TPSA) is 66.8 Å². The Kier molecular flexibility index (Phi) is 4.86. The minimum absolute atomic E-state index is 0.0784. The second-order valence-electron chi connectivity index (χ2n) is 7.82. The third-order valence-corrected chi connectivity index (χ3v) is 8.26. The molecule has 5 rings (SSSR count). The fourth-order valence-electron chi connectivity index (χ4n) is 4.98. The molecule has 3 atom stereocenters. The van der Waals surface area contributed by atoms with Crippen molar-refractivity contribution in [3.63, 3.8) is 0 Å². The smallest absolute Gasteiger partial charge is 0.407 e.